The van der Waals surface area contributed by atoms with Gasteiger partial charge in [-0.3, -0.25) is 10.1 Å². The Morgan fingerprint density at radius 1 is 1.64 bits per heavy atom. The van der Waals surface area contributed by atoms with Crippen LogP contribution >= 0.6 is 0 Å². The molecule has 0 fully saturated rings. The van der Waals surface area contributed by atoms with Crippen LogP contribution in [0.3, 0.4) is 0 Å². The van der Waals surface area contributed by atoms with Crippen molar-refractivity contribution in [3.63, 3.8) is 0 Å². The summed E-state index contributed by atoms with van der Waals surface area (Å²) in [5, 5.41) is 17.9. The molecule has 1 aliphatic rings. The van der Waals surface area contributed by atoms with Crippen molar-refractivity contribution in [3.05, 3.63) is 40.7 Å². The van der Waals surface area contributed by atoms with E-state index in [4.69, 9.17) is 0 Å². The minimum Gasteiger partial charge on any atom is -0.264 e. The average Bonchev–Trinajstić information content (AvgIpc) is 2.71. The molecule has 0 aliphatic heterocycles. The lowest BCUT2D eigenvalue weighted by Crippen LogP contribution is -2.18. The van der Waals surface area contributed by atoms with Gasteiger partial charge in [-0.2, -0.15) is 0 Å². The van der Waals surface area contributed by atoms with Crippen molar-refractivity contribution in [3.8, 4) is 0 Å². The number of hydrogen-bond acceptors (Lipinski definition) is 4. The molecule has 1 unspecified atom stereocenters. The zero-order valence-electron chi connectivity index (χ0n) is 7.28. The average molecular weight is 192 g/mol. The van der Waals surface area contributed by atoms with Gasteiger partial charge in [0.2, 0.25) is 6.04 Å². The predicted molar refractivity (Wildman–Crippen MR) is 48.8 cm³/mol. The molecular weight excluding hydrogens is 184 g/mol. The van der Waals surface area contributed by atoms with Crippen molar-refractivity contribution < 1.29 is 4.92 Å². The molecule has 1 atom stereocenters. The first-order valence-electron chi connectivity index (χ1n) is 4.16. The highest BCUT2D eigenvalue weighted by Crippen LogP contribution is 2.15. The number of allylic oxidation sites excluding steroid dienone is 2. The van der Waals surface area contributed by atoms with E-state index >= 15 is 0 Å². The van der Waals surface area contributed by atoms with Gasteiger partial charge in [0.1, 0.15) is 0 Å². The molecule has 1 aromatic rings. The molecule has 14 heavy (non-hydrogen) atoms. The van der Waals surface area contributed by atoms with Crippen molar-refractivity contribution in [1.82, 2.24) is 15.0 Å². The summed E-state index contributed by atoms with van der Waals surface area (Å²) in [7, 11) is 0. The topological polar surface area (TPSA) is 73.8 Å². The first-order chi connectivity index (χ1) is 6.77. The Balaban J connectivity index is 2.14. The summed E-state index contributed by atoms with van der Waals surface area (Å²) in [6.45, 7) is 0. The van der Waals surface area contributed by atoms with E-state index in [2.05, 4.69) is 10.3 Å². The Morgan fingerprint density at radius 2 is 2.50 bits per heavy atom. The van der Waals surface area contributed by atoms with Gasteiger partial charge in [0.15, 0.2) is 0 Å². The van der Waals surface area contributed by atoms with Crippen LogP contribution in [0.25, 0.3) is 5.70 Å². The fourth-order valence-corrected chi connectivity index (χ4v) is 1.27. The third-order valence-electron chi connectivity index (χ3n) is 2.02. The van der Waals surface area contributed by atoms with Gasteiger partial charge < -0.3 is 0 Å². The number of nitrogens with zero attached hydrogens (tertiary/aromatic N) is 4. The molecule has 0 N–H and O–H groups in total. The molecule has 1 aromatic heterocycles. The fourth-order valence-electron chi connectivity index (χ4n) is 1.27. The lowest BCUT2D eigenvalue weighted by molar-refractivity contribution is -0.508. The molecule has 0 bridgehead atoms. The van der Waals surface area contributed by atoms with Gasteiger partial charge in [-0.05, 0) is 12.2 Å². The highest BCUT2D eigenvalue weighted by atomic mass is 16.6. The first kappa shape index (κ1) is 8.61. The van der Waals surface area contributed by atoms with Crippen LogP contribution in [0.2, 0.25) is 0 Å². The summed E-state index contributed by atoms with van der Waals surface area (Å²) in [6, 6.07) is -0.609. The van der Waals surface area contributed by atoms with E-state index in [0.717, 1.165) is 5.70 Å². The Labute approximate surface area is 79.7 Å². The fraction of sp³-hybridized carbons (Fsp3) is 0.250. The molecule has 6 nitrogen and oxygen atoms in total. The standard InChI is InChI=1S/C8H8N4O2/c13-12(14)8-3-1-7(2-4-8)11-6-5-9-10-11/h1-3,5-6,8H,4H2. The molecular formula is C8H8N4O2. The van der Waals surface area contributed by atoms with Crippen LogP contribution in [0.4, 0.5) is 0 Å². The van der Waals surface area contributed by atoms with E-state index in [0.29, 0.717) is 6.42 Å². The maximum absolute atomic E-state index is 10.4. The molecule has 1 heterocycles. The Kier molecular flexibility index (Phi) is 2.10. The number of nitro groups is 1. The van der Waals surface area contributed by atoms with Crippen LogP contribution in [0.1, 0.15) is 6.42 Å². The van der Waals surface area contributed by atoms with E-state index in [1.54, 1.807) is 35.3 Å². The molecule has 1 aliphatic carbocycles. The van der Waals surface area contributed by atoms with E-state index in [1.165, 1.54) is 0 Å². The van der Waals surface area contributed by atoms with Crippen molar-refractivity contribution in [1.29, 1.82) is 0 Å². The van der Waals surface area contributed by atoms with Gasteiger partial charge in [0.05, 0.1) is 18.1 Å². The largest absolute Gasteiger partial charge is 0.264 e. The summed E-state index contributed by atoms with van der Waals surface area (Å²) in [5.41, 5.74) is 0.820. The second kappa shape index (κ2) is 3.41. The van der Waals surface area contributed by atoms with Crippen LogP contribution in [0, 0.1) is 10.1 Å². The van der Waals surface area contributed by atoms with Gasteiger partial charge in [0, 0.05) is 11.3 Å². The van der Waals surface area contributed by atoms with Crippen molar-refractivity contribution in [2.45, 2.75) is 12.5 Å². The van der Waals surface area contributed by atoms with Crippen LogP contribution in [0.5, 0.6) is 0 Å². The Hall–Kier alpha value is -1.98. The minimum absolute atomic E-state index is 0.300. The third-order valence-corrected chi connectivity index (χ3v) is 2.02. The summed E-state index contributed by atoms with van der Waals surface area (Å²) >= 11 is 0. The van der Waals surface area contributed by atoms with E-state index in [9.17, 15) is 10.1 Å². The smallest absolute Gasteiger partial charge is 0.235 e. The zero-order chi connectivity index (χ0) is 9.97. The van der Waals surface area contributed by atoms with Gasteiger partial charge in [-0.15, -0.1) is 5.10 Å². The highest BCUT2D eigenvalue weighted by molar-refractivity contribution is 5.57. The summed E-state index contributed by atoms with van der Waals surface area (Å²) in [5.74, 6) is 0. The maximum atomic E-state index is 10.4. The van der Waals surface area contributed by atoms with Gasteiger partial charge in [0.25, 0.3) is 0 Å². The Bertz CT molecular complexity index is 393. The summed E-state index contributed by atoms with van der Waals surface area (Å²) < 4.78 is 1.58. The van der Waals surface area contributed by atoms with Crippen LogP contribution in [-0.2, 0) is 0 Å². The van der Waals surface area contributed by atoms with Gasteiger partial charge in [-0.25, -0.2) is 4.68 Å². The Morgan fingerprint density at radius 3 is 3.00 bits per heavy atom. The third kappa shape index (κ3) is 1.54. The second-order valence-electron chi connectivity index (χ2n) is 2.92. The van der Waals surface area contributed by atoms with Gasteiger partial charge in [-0.1, -0.05) is 11.3 Å². The van der Waals surface area contributed by atoms with Crippen LogP contribution in [-0.4, -0.2) is 26.0 Å². The van der Waals surface area contributed by atoms with Crippen molar-refractivity contribution >= 4 is 5.70 Å². The van der Waals surface area contributed by atoms with Gasteiger partial charge >= 0.3 is 0 Å². The van der Waals surface area contributed by atoms with E-state index < -0.39 is 6.04 Å². The first-order valence-corrected chi connectivity index (χ1v) is 4.16. The predicted octanol–water partition coefficient (Wildman–Crippen LogP) is 0.724. The second-order valence-corrected chi connectivity index (χ2v) is 2.92. The summed E-state index contributed by atoms with van der Waals surface area (Å²) in [4.78, 5) is 10.1. The molecule has 0 spiro atoms. The SMILES string of the molecule is O=[N+]([O-])C1C=CC(n2ccnn2)=CC1. The van der Waals surface area contributed by atoms with Crippen molar-refractivity contribution in [2.24, 2.45) is 0 Å². The molecule has 0 aromatic carbocycles. The monoisotopic (exact) mass is 192 g/mol. The molecule has 0 radical (unpaired) electrons. The minimum atomic E-state index is -0.609. The molecule has 0 saturated carbocycles. The van der Waals surface area contributed by atoms with Crippen LogP contribution < -0.4 is 0 Å². The number of hydrogen-bond donors (Lipinski definition) is 0. The van der Waals surface area contributed by atoms with Crippen LogP contribution in [0.15, 0.2) is 30.6 Å². The quantitative estimate of drug-likeness (QED) is 0.511. The normalized spacial score (nSPS) is 20.6. The molecule has 2 rings (SSSR count). The van der Waals surface area contributed by atoms with E-state index in [-0.39, 0.29) is 4.92 Å². The number of rotatable bonds is 2. The molecule has 72 valence electrons. The molecule has 0 saturated heterocycles. The summed E-state index contributed by atoms with van der Waals surface area (Å²) in [6.07, 6.45) is 8.69. The van der Waals surface area contributed by atoms with Crippen molar-refractivity contribution in [2.75, 3.05) is 0 Å². The highest BCUT2D eigenvalue weighted by Gasteiger charge is 2.18. The molecule has 6 heteroatoms. The lowest BCUT2D eigenvalue weighted by Gasteiger charge is -2.09. The lowest BCUT2D eigenvalue weighted by atomic mass is 10.1. The number of aromatic nitrogens is 3. The maximum Gasteiger partial charge on any atom is 0.235 e. The zero-order valence-corrected chi connectivity index (χ0v) is 7.28. The molecule has 0 amide bonds. The van der Waals surface area contributed by atoms with E-state index in [1.807, 2.05) is 0 Å².